The molecule has 1 rings (SSSR count). The lowest BCUT2D eigenvalue weighted by Gasteiger charge is -2.31. The largest absolute Gasteiger partial charge is 0.444 e. The molecule has 1 aliphatic carbocycles. The maximum Gasteiger partial charge on any atom is 0.429 e. The fourth-order valence-corrected chi connectivity index (χ4v) is 3.50. The Hall–Kier alpha value is 0.280. The first-order valence-corrected chi connectivity index (χ1v) is 12.3. The second-order valence-electron chi connectivity index (χ2n) is 7.26. The minimum atomic E-state index is -1.77. The number of hydrogen-bond donors (Lipinski definition) is 1. The topological polar surface area (TPSA) is 67.9 Å². The molecule has 0 saturated heterocycles. The number of hydrogen-bond acceptors (Lipinski definition) is 4. The van der Waals surface area contributed by atoms with Crippen LogP contribution in [0.1, 0.15) is 70.6 Å². The molecule has 0 aromatic rings. The number of amides is 2. The molecule has 1 fully saturated rings. The van der Waals surface area contributed by atoms with Crippen molar-refractivity contribution in [2.75, 3.05) is 13.2 Å². The first-order chi connectivity index (χ1) is 14.0. The second kappa shape index (κ2) is 14.4. The van der Waals surface area contributed by atoms with Crippen molar-refractivity contribution >= 4 is 81.8 Å². The van der Waals surface area contributed by atoms with Gasteiger partial charge < -0.3 is 9.47 Å². The fourth-order valence-electron chi connectivity index (χ4n) is 3.18. The van der Waals surface area contributed by atoms with E-state index in [2.05, 4.69) is 5.43 Å². The Balaban J connectivity index is 2.84. The van der Waals surface area contributed by atoms with E-state index in [4.69, 9.17) is 79.1 Å². The molecule has 0 unspecified atom stereocenters. The minimum absolute atomic E-state index is 0.299. The Morgan fingerprint density at radius 1 is 0.733 bits per heavy atom. The molecule has 0 spiro atoms. The Bertz CT molecular complexity index is 516. The molecule has 0 aromatic carbocycles. The predicted molar refractivity (Wildman–Crippen MR) is 123 cm³/mol. The number of hydrazine groups is 1. The summed E-state index contributed by atoms with van der Waals surface area (Å²) in [7, 11) is 0. The zero-order valence-electron chi connectivity index (χ0n) is 16.6. The van der Waals surface area contributed by atoms with Gasteiger partial charge in [0.25, 0.3) is 0 Å². The van der Waals surface area contributed by atoms with E-state index < -0.39 is 33.0 Å². The smallest absolute Gasteiger partial charge is 0.429 e. The van der Waals surface area contributed by atoms with Gasteiger partial charge >= 0.3 is 12.2 Å². The number of ether oxygens (including phenoxy) is 2. The van der Waals surface area contributed by atoms with Crippen LogP contribution in [0, 0.1) is 0 Å². The monoisotopic (exact) mass is 546 g/mol. The third-order valence-electron chi connectivity index (χ3n) is 4.57. The van der Waals surface area contributed by atoms with Crippen molar-refractivity contribution in [3.05, 3.63) is 0 Å². The zero-order valence-corrected chi connectivity index (χ0v) is 21.2. The predicted octanol–water partition coefficient (Wildman–Crippen LogP) is 7.48. The molecule has 12 heteroatoms. The van der Waals surface area contributed by atoms with Crippen molar-refractivity contribution in [3.8, 4) is 0 Å². The fraction of sp³-hybridized carbons (Fsp3) is 0.889. The summed E-state index contributed by atoms with van der Waals surface area (Å²) in [4.78, 5) is 24.9. The van der Waals surface area contributed by atoms with E-state index in [9.17, 15) is 9.59 Å². The summed E-state index contributed by atoms with van der Waals surface area (Å²) in [6, 6.07) is -0.299. The molecule has 0 radical (unpaired) electrons. The van der Waals surface area contributed by atoms with Crippen LogP contribution in [0.4, 0.5) is 9.59 Å². The number of halogens is 6. The van der Waals surface area contributed by atoms with Gasteiger partial charge in [-0.15, -0.1) is 0 Å². The van der Waals surface area contributed by atoms with E-state index in [0.29, 0.717) is 12.8 Å². The van der Waals surface area contributed by atoms with Crippen molar-refractivity contribution in [3.63, 3.8) is 0 Å². The number of carbonyl (C=O) groups is 2. The van der Waals surface area contributed by atoms with Crippen molar-refractivity contribution in [2.24, 2.45) is 0 Å². The second-order valence-corrected chi connectivity index (χ2v) is 12.3. The van der Waals surface area contributed by atoms with Crippen LogP contribution >= 0.6 is 69.6 Å². The summed E-state index contributed by atoms with van der Waals surface area (Å²) in [6.45, 7) is -0.949. The van der Waals surface area contributed by atoms with E-state index in [0.717, 1.165) is 43.5 Å². The van der Waals surface area contributed by atoms with Gasteiger partial charge in [0.05, 0.1) is 6.04 Å². The van der Waals surface area contributed by atoms with E-state index >= 15 is 0 Å². The minimum Gasteiger partial charge on any atom is -0.444 e. The van der Waals surface area contributed by atoms with Crippen LogP contribution < -0.4 is 5.43 Å². The summed E-state index contributed by atoms with van der Waals surface area (Å²) < 4.78 is 6.42. The molecule has 0 aliphatic heterocycles. The number of nitrogens with zero attached hydrogens (tertiary/aromatic N) is 1. The number of carbonyl (C=O) groups excluding carboxylic acids is 2. The normalized spacial score (nSPS) is 17.9. The quantitative estimate of drug-likeness (QED) is 0.293. The number of alkyl halides is 6. The standard InChI is InChI=1S/C18H28Cl6N2O4/c19-17(20,21)12-29-15(27)25-26(16(28)30-13-18(22,23)24)14-10-8-6-4-2-1-3-5-7-9-11-14/h14H,1-13H2,(H,25,27). The van der Waals surface area contributed by atoms with Crippen LogP contribution in [-0.4, -0.2) is 44.0 Å². The first-order valence-electron chi connectivity index (χ1n) is 10.0. The molecular formula is C18H28Cl6N2O4. The Morgan fingerprint density at radius 2 is 1.13 bits per heavy atom. The SMILES string of the molecule is O=C(NN(C(=O)OCC(Cl)(Cl)Cl)C1CCCCCCCCCCC1)OCC(Cl)(Cl)Cl. The molecule has 0 heterocycles. The molecule has 0 aromatic heterocycles. The van der Waals surface area contributed by atoms with Gasteiger partial charge in [-0.2, -0.15) is 0 Å². The molecule has 6 nitrogen and oxygen atoms in total. The summed E-state index contributed by atoms with van der Waals surface area (Å²) in [6.07, 6.45) is 9.46. The van der Waals surface area contributed by atoms with Gasteiger partial charge in [-0.3, -0.25) is 0 Å². The molecule has 1 N–H and O–H groups in total. The molecule has 1 saturated carbocycles. The lowest BCUT2D eigenvalue weighted by atomic mass is 9.98. The zero-order chi connectivity index (χ0) is 22.6. The van der Waals surface area contributed by atoms with Crippen LogP contribution in [0.5, 0.6) is 0 Å². The first kappa shape index (κ1) is 28.3. The summed E-state index contributed by atoms with van der Waals surface area (Å²) >= 11 is 33.8. The number of nitrogens with one attached hydrogen (secondary N) is 1. The van der Waals surface area contributed by atoms with Gasteiger partial charge in [-0.25, -0.2) is 20.0 Å². The Kier molecular flexibility index (Phi) is 13.6. The molecular weight excluding hydrogens is 521 g/mol. The summed E-state index contributed by atoms with van der Waals surface area (Å²) in [5.74, 6) is 0. The Labute approximate surface area is 208 Å². The molecule has 176 valence electrons. The van der Waals surface area contributed by atoms with Crippen LogP contribution in [0.2, 0.25) is 0 Å². The maximum atomic E-state index is 12.7. The van der Waals surface area contributed by atoms with Crippen LogP contribution in [-0.2, 0) is 9.47 Å². The highest BCUT2D eigenvalue weighted by Gasteiger charge is 2.31. The van der Waals surface area contributed by atoms with Crippen molar-refractivity contribution in [1.29, 1.82) is 0 Å². The van der Waals surface area contributed by atoms with Crippen molar-refractivity contribution in [2.45, 2.75) is 84.3 Å². The maximum absolute atomic E-state index is 12.7. The highest BCUT2D eigenvalue weighted by molar-refractivity contribution is 6.68. The van der Waals surface area contributed by atoms with Crippen molar-refractivity contribution < 1.29 is 19.1 Å². The van der Waals surface area contributed by atoms with E-state index in [1.807, 2.05) is 0 Å². The van der Waals surface area contributed by atoms with Crippen LogP contribution in [0.3, 0.4) is 0 Å². The van der Waals surface area contributed by atoms with E-state index in [1.165, 1.54) is 19.3 Å². The molecule has 30 heavy (non-hydrogen) atoms. The lowest BCUT2D eigenvalue weighted by molar-refractivity contribution is 0.0475. The third-order valence-corrected chi connectivity index (χ3v) is 5.23. The molecule has 2 amide bonds. The number of rotatable bonds is 3. The lowest BCUT2D eigenvalue weighted by Crippen LogP contribution is -2.53. The third kappa shape index (κ3) is 14.4. The van der Waals surface area contributed by atoms with Gasteiger partial charge in [0.1, 0.15) is 13.2 Å². The Morgan fingerprint density at radius 3 is 1.57 bits per heavy atom. The average molecular weight is 549 g/mol. The highest BCUT2D eigenvalue weighted by atomic mass is 35.6. The average Bonchev–Trinajstić information content (AvgIpc) is 2.62. The van der Waals surface area contributed by atoms with Gasteiger partial charge in [-0.05, 0) is 12.8 Å². The molecule has 1 aliphatic rings. The summed E-state index contributed by atoms with van der Waals surface area (Å²) in [5, 5.41) is 1.10. The van der Waals surface area contributed by atoms with E-state index in [1.54, 1.807) is 0 Å². The van der Waals surface area contributed by atoms with Gasteiger partial charge in [0.15, 0.2) is 0 Å². The van der Waals surface area contributed by atoms with Gasteiger partial charge in [0.2, 0.25) is 7.59 Å². The van der Waals surface area contributed by atoms with Crippen molar-refractivity contribution in [1.82, 2.24) is 10.4 Å². The van der Waals surface area contributed by atoms with Crippen LogP contribution in [0.15, 0.2) is 0 Å². The summed E-state index contributed by atoms with van der Waals surface area (Å²) in [5.41, 5.74) is 2.40. The molecule has 0 bridgehead atoms. The molecule has 0 atom stereocenters. The van der Waals surface area contributed by atoms with Crippen LogP contribution in [0.25, 0.3) is 0 Å². The van der Waals surface area contributed by atoms with Gasteiger partial charge in [-0.1, -0.05) is 127 Å². The van der Waals surface area contributed by atoms with E-state index in [-0.39, 0.29) is 6.04 Å². The highest BCUT2D eigenvalue weighted by Crippen LogP contribution is 2.27. The van der Waals surface area contributed by atoms with Gasteiger partial charge in [0, 0.05) is 0 Å².